The van der Waals surface area contributed by atoms with Gasteiger partial charge in [-0.3, -0.25) is 4.79 Å². The average Bonchev–Trinajstić information content (AvgIpc) is 3.25. The number of nitrogens with one attached hydrogen (secondary N) is 1. The Labute approximate surface area is 182 Å². The van der Waals surface area contributed by atoms with Gasteiger partial charge in [0.2, 0.25) is 5.91 Å². The molecule has 31 heavy (non-hydrogen) atoms. The van der Waals surface area contributed by atoms with Gasteiger partial charge >= 0.3 is 17.8 Å². The lowest BCUT2D eigenvalue weighted by Crippen LogP contribution is -2.25. The van der Waals surface area contributed by atoms with Gasteiger partial charge in [0.05, 0.1) is 48.6 Å². The van der Waals surface area contributed by atoms with E-state index in [-0.39, 0.29) is 34.4 Å². The number of aryl methyl sites for hydroxylation is 1. The van der Waals surface area contributed by atoms with Crippen LogP contribution >= 0.6 is 11.3 Å². The molecule has 0 radical (unpaired) electrons. The van der Waals surface area contributed by atoms with Crippen molar-refractivity contribution >= 4 is 40.0 Å². The molecule has 168 valence electrons. The van der Waals surface area contributed by atoms with E-state index in [9.17, 15) is 24.5 Å². The van der Waals surface area contributed by atoms with Crippen molar-refractivity contribution in [2.24, 2.45) is 5.92 Å². The van der Waals surface area contributed by atoms with Gasteiger partial charge in [0.1, 0.15) is 9.88 Å². The zero-order valence-corrected chi connectivity index (χ0v) is 18.7. The van der Waals surface area contributed by atoms with Gasteiger partial charge in [0, 0.05) is 0 Å². The van der Waals surface area contributed by atoms with Crippen LogP contribution in [-0.2, 0) is 20.8 Å². The molecule has 12 heteroatoms. The molecule has 0 aromatic carbocycles. The smallest absolute Gasteiger partial charge is 0.390 e. The van der Waals surface area contributed by atoms with Gasteiger partial charge in [-0.05, 0) is 30.8 Å². The molecule has 1 N–H and O–H groups in total. The van der Waals surface area contributed by atoms with Crippen LogP contribution in [0.4, 0.5) is 10.8 Å². The van der Waals surface area contributed by atoms with E-state index in [0.29, 0.717) is 17.7 Å². The van der Waals surface area contributed by atoms with E-state index < -0.39 is 28.7 Å². The molecule has 0 saturated carbocycles. The number of aromatic nitrogens is 2. The van der Waals surface area contributed by atoms with E-state index in [2.05, 4.69) is 10.4 Å². The van der Waals surface area contributed by atoms with Crippen molar-refractivity contribution in [3.63, 3.8) is 0 Å². The maximum absolute atomic E-state index is 12.8. The third-order valence-corrected chi connectivity index (χ3v) is 5.63. The van der Waals surface area contributed by atoms with Crippen LogP contribution in [0.3, 0.4) is 0 Å². The van der Waals surface area contributed by atoms with Crippen LogP contribution in [0, 0.1) is 29.9 Å². The van der Waals surface area contributed by atoms with Gasteiger partial charge in [-0.15, -0.1) is 11.3 Å². The summed E-state index contributed by atoms with van der Waals surface area (Å²) in [5.41, 5.74) is 1.000. The molecular formula is C19H24N4O7S. The standard InChI is InChI=1S/C19H24N4O7S/c1-6-7-30-18(25)14-12(4)15(19(26)29-5)31-17(14)20-16(24)10(2)9-22-11(3)8-13(21-22)23(27)28/h8,10H,6-7,9H2,1-5H3,(H,20,24). The summed E-state index contributed by atoms with van der Waals surface area (Å²) in [7, 11) is 1.22. The predicted molar refractivity (Wildman–Crippen MR) is 112 cm³/mol. The second-order valence-corrected chi connectivity index (χ2v) is 7.88. The van der Waals surface area contributed by atoms with Crippen LogP contribution in [-0.4, -0.2) is 46.3 Å². The molecule has 2 aromatic rings. The number of carbonyl (C=O) groups excluding carboxylic acids is 3. The Morgan fingerprint density at radius 2 is 2.00 bits per heavy atom. The van der Waals surface area contributed by atoms with Crippen molar-refractivity contribution in [3.8, 4) is 0 Å². The Hall–Kier alpha value is -3.28. The Bertz CT molecular complexity index is 1010. The number of hydrogen-bond acceptors (Lipinski definition) is 9. The monoisotopic (exact) mass is 452 g/mol. The number of anilines is 1. The molecule has 2 rings (SSSR count). The minimum absolute atomic E-state index is 0.0926. The SMILES string of the molecule is CCCOC(=O)c1c(NC(=O)C(C)Cn2nc([N+](=O)[O-])cc2C)sc(C(=O)OC)c1C. The summed E-state index contributed by atoms with van der Waals surface area (Å²) in [6.07, 6.45) is 0.618. The predicted octanol–water partition coefficient (Wildman–Crippen LogP) is 3.10. The minimum atomic E-state index is -0.646. The molecule has 11 nitrogen and oxygen atoms in total. The number of hydrogen-bond donors (Lipinski definition) is 1. The van der Waals surface area contributed by atoms with E-state index >= 15 is 0 Å². The van der Waals surface area contributed by atoms with Crippen LogP contribution in [0.15, 0.2) is 6.07 Å². The second-order valence-electron chi connectivity index (χ2n) is 6.86. The van der Waals surface area contributed by atoms with Gasteiger partial charge in [0.15, 0.2) is 0 Å². The van der Waals surface area contributed by atoms with Gasteiger partial charge in [-0.25, -0.2) is 9.59 Å². The molecule has 0 fully saturated rings. The fourth-order valence-corrected chi connectivity index (χ4v) is 3.86. The van der Waals surface area contributed by atoms with Crippen LogP contribution in [0.2, 0.25) is 0 Å². The Balaban J connectivity index is 2.27. The third kappa shape index (κ3) is 5.45. The molecule has 1 atom stereocenters. The summed E-state index contributed by atoms with van der Waals surface area (Å²) in [4.78, 5) is 47.8. The normalized spacial score (nSPS) is 11.6. The first-order valence-corrected chi connectivity index (χ1v) is 10.3. The largest absolute Gasteiger partial charge is 0.465 e. The lowest BCUT2D eigenvalue weighted by Gasteiger charge is -2.12. The number of carbonyl (C=O) groups is 3. The van der Waals surface area contributed by atoms with Crippen molar-refractivity contribution in [2.75, 3.05) is 19.0 Å². The van der Waals surface area contributed by atoms with Gasteiger partial charge < -0.3 is 24.9 Å². The molecule has 0 saturated heterocycles. The fraction of sp³-hybridized carbons (Fsp3) is 0.474. The third-order valence-electron chi connectivity index (χ3n) is 4.45. The highest BCUT2D eigenvalue weighted by Crippen LogP contribution is 2.34. The number of esters is 2. The molecule has 1 unspecified atom stereocenters. The quantitative estimate of drug-likeness (QED) is 0.347. The number of methoxy groups -OCH3 is 1. The highest BCUT2D eigenvalue weighted by atomic mass is 32.1. The van der Waals surface area contributed by atoms with Crippen LogP contribution in [0.1, 0.15) is 51.6 Å². The molecule has 0 bridgehead atoms. The van der Waals surface area contributed by atoms with Crippen LogP contribution < -0.4 is 5.32 Å². The van der Waals surface area contributed by atoms with E-state index in [4.69, 9.17) is 9.47 Å². The first kappa shape index (κ1) is 24.0. The summed E-state index contributed by atoms with van der Waals surface area (Å²) in [5, 5.41) is 17.6. The van der Waals surface area contributed by atoms with E-state index in [1.54, 1.807) is 20.8 Å². The summed E-state index contributed by atoms with van der Waals surface area (Å²) >= 11 is 0.925. The zero-order valence-electron chi connectivity index (χ0n) is 17.9. The number of nitro groups is 1. The van der Waals surface area contributed by atoms with Gasteiger partial charge in [-0.2, -0.15) is 4.68 Å². The van der Waals surface area contributed by atoms with Crippen molar-refractivity contribution in [3.05, 3.63) is 37.9 Å². The molecule has 2 aromatic heterocycles. The molecule has 0 aliphatic rings. The van der Waals surface area contributed by atoms with Crippen molar-refractivity contribution in [2.45, 2.75) is 40.7 Å². The van der Waals surface area contributed by atoms with Crippen molar-refractivity contribution < 1.29 is 28.8 Å². The first-order chi connectivity index (χ1) is 14.6. The summed E-state index contributed by atoms with van der Waals surface area (Å²) in [5.74, 6) is -2.66. The molecule has 0 aliphatic carbocycles. The zero-order chi connectivity index (χ0) is 23.3. The fourth-order valence-electron chi connectivity index (χ4n) is 2.75. The molecule has 2 heterocycles. The topological polar surface area (TPSA) is 143 Å². The second kappa shape index (κ2) is 10.2. The molecule has 0 aliphatic heterocycles. The number of ether oxygens (including phenoxy) is 2. The number of thiophene rings is 1. The lowest BCUT2D eigenvalue weighted by atomic mass is 10.1. The summed E-state index contributed by atoms with van der Waals surface area (Å²) in [6, 6.07) is 1.32. The molecule has 0 spiro atoms. The van der Waals surface area contributed by atoms with E-state index in [1.165, 1.54) is 17.9 Å². The highest BCUT2D eigenvalue weighted by molar-refractivity contribution is 7.18. The van der Waals surface area contributed by atoms with E-state index in [1.807, 2.05) is 6.92 Å². The number of nitrogens with zero attached hydrogens (tertiary/aromatic N) is 3. The first-order valence-electron chi connectivity index (χ1n) is 9.49. The Morgan fingerprint density at radius 3 is 2.55 bits per heavy atom. The van der Waals surface area contributed by atoms with Gasteiger partial charge in [0.25, 0.3) is 0 Å². The van der Waals surface area contributed by atoms with Crippen LogP contribution in [0.5, 0.6) is 0 Å². The maximum Gasteiger partial charge on any atom is 0.390 e. The summed E-state index contributed by atoms with van der Waals surface area (Å²) < 4.78 is 11.3. The molecular weight excluding hydrogens is 428 g/mol. The van der Waals surface area contributed by atoms with Gasteiger partial charge in [-0.1, -0.05) is 13.8 Å². The van der Waals surface area contributed by atoms with E-state index in [0.717, 1.165) is 11.3 Å². The minimum Gasteiger partial charge on any atom is -0.465 e. The van der Waals surface area contributed by atoms with Crippen molar-refractivity contribution in [1.82, 2.24) is 9.78 Å². The lowest BCUT2D eigenvalue weighted by molar-refractivity contribution is -0.389. The Kier molecular flexibility index (Phi) is 7.86. The average molecular weight is 452 g/mol. The van der Waals surface area contributed by atoms with Crippen LogP contribution in [0.25, 0.3) is 0 Å². The molecule has 1 amide bonds. The number of amides is 1. The Morgan fingerprint density at radius 1 is 1.32 bits per heavy atom. The van der Waals surface area contributed by atoms with Crippen molar-refractivity contribution in [1.29, 1.82) is 0 Å². The number of rotatable bonds is 9. The summed E-state index contributed by atoms with van der Waals surface area (Å²) in [6.45, 7) is 6.99. The highest BCUT2D eigenvalue weighted by Gasteiger charge is 2.28. The maximum atomic E-state index is 12.8.